The molecule has 2 aromatic rings. The SMILES string of the molecule is CCCc1ccc(OCNC(=O)Nc2ccc(Br)cc2C)cc1. The van der Waals surface area contributed by atoms with Crippen molar-refractivity contribution in [3.8, 4) is 5.75 Å². The minimum Gasteiger partial charge on any atom is -0.473 e. The summed E-state index contributed by atoms with van der Waals surface area (Å²) in [5, 5.41) is 5.48. The highest BCUT2D eigenvalue weighted by molar-refractivity contribution is 9.10. The zero-order chi connectivity index (χ0) is 16.7. The number of urea groups is 1. The fourth-order valence-electron chi connectivity index (χ4n) is 2.16. The summed E-state index contributed by atoms with van der Waals surface area (Å²) in [5.41, 5.74) is 3.05. The summed E-state index contributed by atoms with van der Waals surface area (Å²) >= 11 is 3.40. The molecular weight excluding hydrogens is 356 g/mol. The van der Waals surface area contributed by atoms with Gasteiger partial charge in [0.15, 0.2) is 6.73 Å². The van der Waals surface area contributed by atoms with E-state index in [9.17, 15) is 4.79 Å². The standard InChI is InChI=1S/C18H21BrN2O2/c1-3-4-14-5-8-16(9-6-14)23-12-20-18(22)21-17-10-7-15(19)11-13(17)2/h5-11H,3-4,12H2,1-2H3,(H2,20,21,22). The van der Waals surface area contributed by atoms with E-state index in [0.717, 1.165) is 34.3 Å². The molecule has 0 fully saturated rings. The van der Waals surface area contributed by atoms with E-state index in [1.54, 1.807) is 0 Å². The fourth-order valence-corrected chi connectivity index (χ4v) is 2.64. The number of amides is 2. The molecule has 122 valence electrons. The van der Waals surface area contributed by atoms with Gasteiger partial charge < -0.3 is 15.4 Å². The number of nitrogens with one attached hydrogen (secondary N) is 2. The molecule has 0 radical (unpaired) electrons. The van der Waals surface area contributed by atoms with E-state index >= 15 is 0 Å². The number of aryl methyl sites for hydroxylation is 2. The quantitative estimate of drug-likeness (QED) is 0.706. The molecule has 0 heterocycles. The Bertz CT molecular complexity index is 657. The van der Waals surface area contributed by atoms with E-state index in [4.69, 9.17) is 4.74 Å². The molecule has 23 heavy (non-hydrogen) atoms. The van der Waals surface area contributed by atoms with Crippen LogP contribution in [0, 0.1) is 6.92 Å². The van der Waals surface area contributed by atoms with Crippen LogP contribution in [0.5, 0.6) is 5.75 Å². The summed E-state index contributed by atoms with van der Waals surface area (Å²) in [6, 6.07) is 13.3. The van der Waals surface area contributed by atoms with Gasteiger partial charge in [-0.25, -0.2) is 4.79 Å². The third-order valence-electron chi connectivity index (χ3n) is 3.37. The van der Waals surface area contributed by atoms with Gasteiger partial charge in [-0.2, -0.15) is 0 Å². The van der Waals surface area contributed by atoms with E-state index in [2.05, 4.69) is 33.5 Å². The molecule has 0 saturated heterocycles. The molecular formula is C18H21BrN2O2. The average Bonchev–Trinajstić information content (AvgIpc) is 2.52. The predicted molar refractivity (Wildman–Crippen MR) is 97.0 cm³/mol. The van der Waals surface area contributed by atoms with Gasteiger partial charge in [0, 0.05) is 10.2 Å². The second kappa shape index (κ2) is 8.58. The number of hydrogen-bond donors (Lipinski definition) is 2. The zero-order valence-corrected chi connectivity index (χ0v) is 14.9. The lowest BCUT2D eigenvalue weighted by atomic mass is 10.1. The number of benzene rings is 2. The minimum absolute atomic E-state index is 0.120. The van der Waals surface area contributed by atoms with Crippen LogP contribution < -0.4 is 15.4 Å². The van der Waals surface area contributed by atoms with E-state index in [1.165, 1.54) is 5.56 Å². The van der Waals surface area contributed by atoms with Gasteiger partial charge in [0.2, 0.25) is 0 Å². The first-order chi connectivity index (χ1) is 11.1. The Morgan fingerprint density at radius 1 is 1.17 bits per heavy atom. The molecule has 0 saturated carbocycles. The summed E-state index contributed by atoms with van der Waals surface area (Å²) in [7, 11) is 0. The summed E-state index contributed by atoms with van der Waals surface area (Å²) in [6.45, 7) is 4.21. The van der Waals surface area contributed by atoms with Gasteiger partial charge in [-0.05, 0) is 54.8 Å². The van der Waals surface area contributed by atoms with Crippen LogP contribution >= 0.6 is 15.9 Å². The Morgan fingerprint density at radius 3 is 2.57 bits per heavy atom. The Balaban J connectivity index is 1.78. The molecule has 0 aliphatic heterocycles. The van der Waals surface area contributed by atoms with Gasteiger partial charge in [0.25, 0.3) is 0 Å². The molecule has 0 bridgehead atoms. The Morgan fingerprint density at radius 2 is 1.91 bits per heavy atom. The third-order valence-corrected chi connectivity index (χ3v) is 3.86. The maximum atomic E-state index is 11.9. The molecule has 0 aliphatic carbocycles. The first kappa shape index (κ1) is 17.3. The molecule has 2 N–H and O–H groups in total. The van der Waals surface area contributed by atoms with Crippen molar-refractivity contribution in [1.82, 2.24) is 5.32 Å². The lowest BCUT2D eigenvalue weighted by molar-refractivity contribution is 0.234. The van der Waals surface area contributed by atoms with Gasteiger partial charge in [0.1, 0.15) is 5.75 Å². The molecule has 2 amide bonds. The van der Waals surface area contributed by atoms with Crippen LogP contribution in [0.2, 0.25) is 0 Å². The monoisotopic (exact) mass is 376 g/mol. The molecule has 0 spiro atoms. The maximum absolute atomic E-state index is 11.9. The summed E-state index contributed by atoms with van der Waals surface area (Å²) < 4.78 is 6.50. The largest absolute Gasteiger partial charge is 0.473 e. The Labute approximate surface area is 145 Å². The van der Waals surface area contributed by atoms with Crippen molar-refractivity contribution < 1.29 is 9.53 Å². The van der Waals surface area contributed by atoms with Crippen molar-refractivity contribution >= 4 is 27.6 Å². The summed E-state index contributed by atoms with van der Waals surface area (Å²) in [5.74, 6) is 0.741. The van der Waals surface area contributed by atoms with Crippen molar-refractivity contribution in [2.75, 3.05) is 12.0 Å². The van der Waals surface area contributed by atoms with Crippen LogP contribution in [-0.4, -0.2) is 12.8 Å². The summed E-state index contributed by atoms with van der Waals surface area (Å²) in [4.78, 5) is 11.9. The Hall–Kier alpha value is -2.01. The highest BCUT2D eigenvalue weighted by Crippen LogP contribution is 2.19. The number of halogens is 1. The zero-order valence-electron chi connectivity index (χ0n) is 13.4. The van der Waals surface area contributed by atoms with Gasteiger partial charge in [-0.1, -0.05) is 41.4 Å². The number of ether oxygens (including phenoxy) is 1. The summed E-state index contributed by atoms with van der Waals surface area (Å²) in [6.07, 6.45) is 2.19. The molecule has 0 unspecified atom stereocenters. The molecule has 5 heteroatoms. The van der Waals surface area contributed by atoms with E-state index in [0.29, 0.717) is 0 Å². The first-order valence-electron chi connectivity index (χ1n) is 7.61. The average molecular weight is 377 g/mol. The van der Waals surface area contributed by atoms with Crippen LogP contribution in [0.4, 0.5) is 10.5 Å². The Kier molecular flexibility index (Phi) is 6.47. The van der Waals surface area contributed by atoms with Crippen LogP contribution in [0.15, 0.2) is 46.9 Å². The van der Waals surface area contributed by atoms with E-state index in [-0.39, 0.29) is 12.8 Å². The van der Waals surface area contributed by atoms with E-state index in [1.807, 2.05) is 49.4 Å². The lowest BCUT2D eigenvalue weighted by Crippen LogP contribution is -2.32. The maximum Gasteiger partial charge on any atom is 0.321 e. The van der Waals surface area contributed by atoms with E-state index < -0.39 is 0 Å². The fraction of sp³-hybridized carbons (Fsp3) is 0.278. The van der Waals surface area contributed by atoms with Crippen molar-refractivity contribution in [2.24, 2.45) is 0 Å². The molecule has 0 atom stereocenters. The number of carbonyl (C=O) groups excluding carboxylic acids is 1. The van der Waals surface area contributed by atoms with Gasteiger partial charge in [0.05, 0.1) is 0 Å². The van der Waals surface area contributed by atoms with Crippen LogP contribution in [-0.2, 0) is 6.42 Å². The molecule has 0 aliphatic rings. The van der Waals surface area contributed by atoms with Gasteiger partial charge in [-0.15, -0.1) is 0 Å². The van der Waals surface area contributed by atoms with Crippen molar-refractivity contribution in [3.63, 3.8) is 0 Å². The normalized spacial score (nSPS) is 10.2. The second-order valence-electron chi connectivity index (χ2n) is 5.27. The van der Waals surface area contributed by atoms with Crippen LogP contribution in [0.1, 0.15) is 24.5 Å². The molecule has 4 nitrogen and oxygen atoms in total. The number of hydrogen-bond acceptors (Lipinski definition) is 2. The van der Waals surface area contributed by atoms with Gasteiger partial charge >= 0.3 is 6.03 Å². The topological polar surface area (TPSA) is 50.4 Å². The van der Waals surface area contributed by atoms with Crippen molar-refractivity contribution in [3.05, 3.63) is 58.1 Å². The number of carbonyl (C=O) groups is 1. The first-order valence-corrected chi connectivity index (χ1v) is 8.40. The number of anilines is 1. The third kappa shape index (κ3) is 5.60. The smallest absolute Gasteiger partial charge is 0.321 e. The highest BCUT2D eigenvalue weighted by Gasteiger charge is 2.04. The van der Waals surface area contributed by atoms with Crippen molar-refractivity contribution in [1.29, 1.82) is 0 Å². The van der Waals surface area contributed by atoms with Gasteiger partial charge in [-0.3, -0.25) is 0 Å². The number of rotatable bonds is 6. The predicted octanol–water partition coefficient (Wildman–Crippen LogP) is 4.87. The molecule has 2 aromatic carbocycles. The molecule has 0 aromatic heterocycles. The van der Waals surface area contributed by atoms with Crippen LogP contribution in [0.25, 0.3) is 0 Å². The second-order valence-corrected chi connectivity index (χ2v) is 6.19. The lowest BCUT2D eigenvalue weighted by Gasteiger charge is -2.11. The molecule has 2 rings (SSSR count). The van der Waals surface area contributed by atoms with Crippen molar-refractivity contribution in [2.45, 2.75) is 26.7 Å². The highest BCUT2D eigenvalue weighted by atomic mass is 79.9. The minimum atomic E-state index is -0.293. The van der Waals surface area contributed by atoms with Crippen LogP contribution in [0.3, 0.4) is 0 Å².